The van der Waals surface area contributed by atoms with E-state index >= 15 is 0 Å². The van der Waals surface area contributed by atoms with Crippen LogP contribution in [0, 0.1) is 0 Å². The second kappa shape index (κ2) is 69.6. The highest BCUT2D eigenvalue weighted by Crippen LogP contribution is 2.19. The van der Waals surface area contributed by atoms with E-state index in [4.69, 9.17) is 4.74 Å². The topological polar surface area (TPSA) is 95.9 Å². The Kier molecular flexibility index (Phi) is 67.9. The number of ether oxygens (including phenoxy) is 1. The zero-order valence-electron chi connectivity index (χ0n) is 54.1. The van der Waals surface area contributed by atoms with Gasteiger partial charge in [0.2, 0.25) is 5.91 Å². The Morgan fingerprint density at radius 1 is 0.350 bits per heavy atom. The minimum absolute atomic E-state index is 0.0108. The minimum atomic E-state index is -0.662. The van der Waals surface area contributed by atoms with Crippen molar-refractivity contribution in [1.29, 1.82) is 0 Å². The van der Waals surface area contributed by atoms with Gasteiger partial charge in [-0.3, -0.25) is 9.59 Å². The fourth-order valence-corrected chi connectivity index (χ4v) is 11.4. The van der Waals surface area contributed by atoms with Crippen molar-refractivity contribution >= 4 is 11.9 Å². The van der Waals surface area contributed by atoms with Gasteiger partial charge in [-0.1, -0.05) is 339 Å². The summed E-state index contributed by atoms with van der Waals surface area (Å²) in [6, 6.07) is -0.539. The second-order valence-corrected chi connectivity index (χ2v) is 24.9. The fourth-order valence-electron chi connectivity index (χ4n) is 11.4. The Hall–Kier alpha value is -1.92. The smallest absolute Gasteiger partial charge is 0.305 e. The SMILES string of the molecule is CCCCC/C=C\C/C=C\CCCCCCCCCC(=O)OCCCCCCCCCCCCCC/C=C\CCCCCCCCCCCCCCCCCCC(=O)NC(CO)C(O)CCCCCCCCCCCCCCCC. The maximum atomic E-state index is 12.5. The van der Waals surface area contributed by atoms with Crippen LogP contribution in [0.5, 0.6) is 0 Å². The van der Waals surface area contributed by atoms with Gasteiger partial charge >= 0.3 is 5.97 Å². The molecule has 2 unspecified atom stereocenters. The first kappa shape index (κ1) is 78.1. The number of hydrogen-bond acceptors (Lipinski definition) is 5. The lowest BCUT2D eigenvalue weighted by Gasteiger charge is -2.22. The molecule has 80 heavy (non-hydrogen) atoms. The highest BCUT2D eigenvalue weighted by Gasteiger charge is 2.20. The summed E-state index contributed by atoms with van der Waals surface area (Å²) < 4.78 is 5.50. The van der Waals surface area contributed by atoms with E-state index in [-0.39, 0.29) is 18.5 Å². The van der Waals surface area contributed by atoms with Crippen molar-refractivity contribution in [3.8, 4) is 0 Å². The molecule has 0 aromatic heterocycles. The maximum Gasteiger partial charge on any atom is 0.305 e. The summed E-state index contributed by atoms with van der Waals surface area (Å²) in [5.41, 5.74) is 0. The fraction of sp³-hybridized carbons (Fsp3) is 0.892. The van der Waals surface area contributed by atoms with Crippen LogP contribution in [0.3, 0.4) is 0 Å². The Morgan fingerprint density at radius 2 is 0.625 bits per heavy atom. The number of hydrogen-bond donors (Lipinski definition) is 3. The van der Waals surface area contributed by atoms with Crippen molar-refractivity contribution in [3.63, 3.8) is 0 Å². The Labute approximate surface area is 500 Å². The van der Waals surface area contributed by atoms with E-state index in [1.807, 2.05) is 0 Å². The summed E-state index contributed by atoms with van der Waals surface area (Å²) in [6.07, 6.45) is 89.2. The van der Waals surface area contributed by atoms with Gasteiger partial charge in [0.15, 0.2) is 0 Å². The van der Waals surface area contributed by atoms with E-state index < -0.39 is 12.1 Å². The molecule has 0 saturated carbocycles. The van der Waals surface area contributed by atoms with Gasteiger partial charge in [0, 0.05) is 12.8 Å². The predicted octanol–water partition coefficient (Wildman–Crippen LogP) is 23.5. The van der Waals surface area contributed by atoms with Gasteiger partial charge in [-0.2, -0.15) is 0 Å². The zero-order valence-corrected chi connectivity index (χ0v) is 54.1. The van der Waals surface area contributed by atoms with Crippen molar-refractivity contribution in [2.24, 2.45) is 0 Å². The second-order valence-electron chi connectivity index (χ2n) is 24.9. The number of carbonyl (C=O) groups excluding carboxylic acids is 2. The van der Waals surface area contributed by atoms with Gasteiger partial charge in [-0.25, -0.2) is 0 Å². The molecule has 0 aliphatic rings. The van der Waals surface area contributed by atoms with Gasteiger partial charge in [0.1, 0.15) is 0 Å². The standard InChI is InChI=1S/C74H141NO5/c1-3-5-7-9-11-13-15-17-19-36-40-44-48-52-56-60-64-68-74(79)80-69-65-61-57-53-49-45-41-38-35-33-31-29-27-25-23-21-20-22-24-26-28-30-32-34-37-39-43-47-51-55-59-63-67-73(78)75-71(70-76)72(77)66-62-58-54-50-46-42-18-16-14-12-10-8-6-4-2/h11,13,17,19,23,25,71-72,76-77H,3-10,12,14-16,18,20-22,24,26-70H2,1-2H3,(H,75,78)/b13-11-,19-17-,25-23-. The van der Waals surface area contributed by atoms with Crippen LogP contribution in [0.15, 0.2) is 36.5 Å². The van der Waals surface area contributed by atoms with E-state index in [0.29, 0.717) is 25.9 Å². The normalized spacial score (nSPS) is 12.7. The summed E-state index contributed by atoms with van der Waals surface area (Å²) >= 11 is 0. The molecule has 3 N–H and O–H groups in total. The van der Waals surface area contributed by atoms with Crippen molar-refractivity contribution in [1.82, 2.24) is 5.32 Å². The van der Waals surface area contributed by atoms with E-state index in [1.54, 1.807) is 0 Å². The molecule has 0 heterocycles. The van der Waals surface area contributed by atoms with Crippen LogP contribution in [0.2, 0.25) is 0 Å². The summed E-state index contributed by atoms with van der Waals surface area (Å²) in [5, 5.41) is 23.3. The number of amides is 1. The van der Waals surface area contributed by atoms with E-state index in [9.17, 15) is 19.8 Å². The van der Waals surface area contributed by atoms with Crippen molar-refractivity contribution in [2.45, 2.75) is 411 Å². The molecule has 0 saturated heterocycles. The first-order valence-electron chi connectivity index (χ1n) is 36.2. The molecule has 0 rings (SSSR count). The lowest BCUT2D eigenvalue weighted by Crippen LogP contribution is -2.45. The maximum absolute atomic E-state index is 12.5. The molecule has 472 valence electrons. The van der Waals surface area contributed by atoms with Gasteiger partial charge in [0.05, 0.1) is 25.4 Å². The molecule has 0 aliphatic heterocycles. The number of aliphatic hydroxyl groups excluding tert-OH is 2. The molecule has 6 heteroatoms. The van der Waals surface area contributed by atoms with Crippen LogP contribution in [-0.4, -0.2) is 47.4 Å². The number of esters is 1. The summed E-state index contributed by atoms with van der Waals surface area (Å²) in [5.74, 6) is -0.0192. The largest absolute Gasteiger partial charge is 0.466 e. The van der Waals surface area contributed by atoms with E-state index in [0.717, 1.165) is 51.4 Å². The molecule has 0 radical (unpaired) electrons. The quantitative estimate of drug-likeness (QED) is 0.0320. The van der Waals surface area contributed by atoms with Crippen molar-refractivity contribution < 1.29 is 24.5 Å². The molecule has 1 amide bonds. The Balaban J connectivity index is 3.34. The average Bonchev–Trinajstić information content (AvgIpc) is 3.46. The highest BCUT2D eigenvalue weighted by molar-refractivity contribution is 5.76. The van der Waals surface area contributed by atoms with Crippen molar-refractivity contribution in [3.05, 3.63) is 36.5 Å². The van der Waals surface area contributed by atoms with E-state index in [2.05, 4.69) is 55.6 Å². The molecule has 6 nitrogen and oxygen atoms in total. The van der Waals surface area contributed by atoms with Gasteiger partial charge in [-0.15, -0.1) is 0 Å². The predicted molar refractivity (Wildman–Crippen MR) is 352 cm³/mol. The molecule has 0 aliphatic carbocycles. The molecule has 2 atom stereocenters. The molecule has 0 aromatic rings. The Bertz CT molecular complexity index is 1300. The van der Waals surface area contributed by atoms with Crippen LogP contribution in [0.25, 0.3) is 0 Å². The number of unbranched alkanes of at least 4 members (excludes halogenated alkanes) is 51. The summed E-state index contributed by atoms with van der Waals surface area (Å²) in [6.45, 7) is 4.95. The van der Waals surface area contributed by atoms with Crippen LogP contribution in [0.1, 0.15) is 399 Å². The van der Waals surface area contributed by atoms with Crippen LogP contribution in [-0.2, 0) is 14.3 Å². The first-order valence-corrected chi connectivity index (χ1v) is 36.2. The number of carbonyl (C=O) groups is 2. The molecular weight excluding hydrogens is 983 g/mol. The Morgan fingerprint density at radius 3 is 0.988 bits per heavy atom. The molecule has 0 bridgehead atoms. The first-order chi connectivity index (χ1) is 39.5. The zero-order chi connectivity index (χ0) is 57.8. The number of nitrogens with one attached hydrogen (secondary N) is 1. The summed E-state index contributed by atoms with van der Waals surface area (Å²) in [4.78, 5) is 24.6. The van der Waals surface area contributed by atoms with E-state index in [1.165, 1.54) is 315 Å². The third-order valence-corrected chi connectivity index (χ3v) is 16.9. The average molecular weight is 1120 g/mol. The van der Waals surface area contributed by atoms with Gasteiger partial charge in [0.25, 0.3) is 0 Å². The van der Waals surface area contributed by atoms with Crippen LogP contribution < -0.4 is 5.32 Å². The molecular formula is C74H141NO5. The third-order valence-electron chi connectivity index (χ3n) is 16.9. The lowest BCUT2D eigenvalue weighted by molar-refractivity contribution is -0.143. The highest BCUT2D eigenvalue weighted by atomic mass is 16.5. The van der Waals surface area contributed by atoms with Gasteiger partial charge < -0.3 is 20.3 Å². The number of rotatable bonds is 68. The summed E-state index contributed by atoms with van der Waals surface area (Å²) in [7, 11) is 0. The lowest BCUT2D eigenvalue weighted by atomic mass is 10.0. The van der Waals surface area contributed by atoms with Gasteiger partial charge in [-0.05, 0) is 83.5 Å². The number of allylic oxidation sites excluding steroid dienone is 6. The molecule has 0 fully saturated rings. The van der Waals surface area contributed by atoms with Crippen LogP contribution in [0.4, 0.5) is 0 Å². The van der Waals surface area contributed by atoms with Crippen molar-refractivity contribution in [2.75, 3.05) is 13.2 Å². The molecule has 0 spiro atoms. The number of aliphatic hydroxyl groups is 2. The monoisotopic (exact) mass is 1120 g/mol. The van der Waals surface area contributed by atoms with Crippen LogP contribution >= 0.6 is 0 Å². The minimum Gasteiger partial charge on any atom is -0.466 e. The molecule has 0 aromatic carbocycles. The third kappa shape index (κ3) is 65.2.